The van der Waals surface area contributed by atoms with E-state index >= 15 is 0 Å². The van der Waals surface area contributed by atoms with Crippen molar-refractivity contribution in [1.29, 1.82) is 0 Å². The molecule has 0 bridgehead atoms. The monoisotopic (exact) mass is 322 g/mol. The molecular formula is C21H38O2. The molecule has 0 atom stereocenters. The van der Waals surface area contributed by atoms with Crippen LogP contribution < -0.4 is 0 Å². The Balaban J connectivity index is 0.000000468. The first-order valence-electron chi connectivity index (χ1n) is 9.70. The molecule has 2 nitrogen and oxygen atoms in total. The molecule has 0 aromatic heterocycles. The standard InChI is InChI=1S/C14H26.C7H12O2/c1-2-3-4-5-6-7-8-11-14-12-9-10-13-14;1-2-3-4-5-6-7(8)9/h8,11,14H,2-7,9-10,12-13H2,1H3;2-3H,4-6H2,1H3,(H,8,9)/b;3-2-. The molecule has 0 aromatic carbocycles. The molecule has 1 aliphatic rings. The van der Waals surface area contributed by atoms with E-state index < -0.39 is 5.97 Å². The van der Waals surface area contributed by atoms with Gasteiger partial charge in [0.15, 0.2) is 0 Å². The Morgan fingerprint density at radius 2 is 1.65 bits per heavy atom. The number of hydrogen-bond acceptors (Lipinski definition) is 1. The molecule has 0 aromatic rings. The lowest BCUT2D eigenvalue weighted by molar-refractivity contribution is -0.137. The van der Waals surface area contributed by atoms with E-state index in [1.54, 1.807) is 0 Å². The third-order valence-corrected chi connectivity index (χ3v) is 4.28. The molecule has 0 amide bonds. The van der Waals surface area contributed by atoms with Crippen LogP contribution in [0.2, 0.25) is 0 Å². The van der Waals surface area contributed by atoms with Gasteiger partial charge in [-0.25, -0.2) is 0 Å². The lowest BCUT2D eigenvalue weighted by Gasteiger charge is -2.00. The third-order valence-electron chi connectivity index (χ3n) is 4.28. The number of unbranched alkanes of at least 4 members (excludes halogenated alkanes) is 6. The van der Waals surface area contributed by atoms with Crippen molar-refractivity contribution in [3.05, 3.63) is 24.3 Å². The van der Waals surface area contributed by atoms with Crippen molar-refractivity contribution in [2.75, 3.05) is 0 Å². The molecule has 134 valence electrons. The summed E-state index contributed by atoms with van der Waals surface area (Å²) in [5, 5.41) is 8.19. The molecule has 0 spiro atoms. The van der Waals surface area contributed by atoms with Crippen molar-refractivity contribution in [3.8, 4) is 0 Å². The number of carboxylic acids is 1. The van der Waals surface area contributed by atoms with Gasteiger partial charge in [0.1, 0.15) is 0 Å². The van der Waals surface area contributed by atoms with Crippen molar-refractivity contribution >= 4 is 5.97 Å². The number of allylic oxidation sites excluding steroid dienone is 4. The maximum atomic E-state index is 9.94. The summed E-state index contributed by atoms with van der Waals surface area (Å²) < 4.78 is 0. The van der Waals surface area contributed by atoms with Crippen molar-refractivity contribution in [3.63, 3.8) is 0 Å². The van der Waals surface area contributed by atoms with Crippen LogP contribution in [0.1, 0.15) is 97.3 Å². The van der Waals surface area contributed by atoms with Crippen LogP contribution >= 0.6 is 0 Å². The second-order valence-electron chi connectivity index (χ2n) is 6.53. The summed E-state index contributed by atoms with van der Waals surface area (Å²) in [7, 11) is 0. The van der Waals surface area contributed by atoms with Gasteiger partial charge in [-0.1, -0.05) is 69.8 Å². The van der Waals surface area contributed by atoms with Crippen LogP contribution in [-0.2, 0) is 4.79 Å². The summed E-state index contributed by atoms with van der Waals surface area (Å²) >= 11 is 0. The fourth-order valence-corrected chi connectivity index (χ4v) is 2.84. The molecular weight excluding hydrogens is 284 g/mol. The van der Waals surface area contributed by atoms with Gasteiger partial charge in [-0.15, -0.1) is 0 Å². The Labute approximate surface area is 144 Å². The average molecular weight is 323 g/mol. The first-order chi connectivity index (χ1) is 11.2. The Kier molecular flexibility index (Phi) is 16.5. The van der Waals surface area contributed by atoms with Gasteiger partial charge in [0.05, 0.1) is 0 Å². The zero-order chi connectivity index (χ0) is 17.2. The molecule has 0 heterocycles. The molecule has 1 aliphatic carbocycles. The first-order valence-corrected chi connectivity index (χ1v) is 9.70. The second kappa shape index (κ2) is 17.3. The van der Waals surface area contributed by atoms with Gasteiger partial charge in [-0.05, 0) is 51.4 Å². The predicted molar refractivity (Wildman–Crippen MR) is 101 cm³/mol. The Bertz CT molecular complexity index is 312. The number of carboxylic acid groups (broad SMARTS) is 1. The van der Waals surface area contributed by atoms with Gasteiger partial charge in [-0.2, -0.15) is 0 Å². The minimum atomic E-state index is -0.709. The average Bonchev–Trinajstić information content (AvgIpc) is 3.05. The quantitative estimate of drug-likeness (QED) is 0.331. The third kappa shape index (κ3) is 17.1. The van der Waals surface area contributed by atoms with Crippen LogP contribution in [0.15, 0.2) is 24.3 Å². The van der Waals surface area contributed by atoms with Crippen molar-refractivity contribution < 1.29 is 9.90 Å². The van der Waals surface area contributed by atoms with E-state index in [-0.39, 0.29) is 6.42 Å². The van der Waals surface area contributed by atoms with E-state index in [0.717, 1.165) is 18.8 Å². The number of carbonyl (C=O) groups is 1. The highest BCUT2D eigenvalue weighted by molar-refractivity contribution is 5.66. The van der Waals surface area contributed by atoms with E-state index in [9.17, 15) is 4.79 Å². The maximum absolute atomic E-state index is 9.94. The van der Waals surface area contributed by atoms with Crippen LogP contribution in [0.5, 0.6) is 0 Å². The van der Waals surface area contributed by atoms with Crippen molar-refractivity contribution in [2.45, 2.75) is 97.3 Å². The van der Waals surface area contributed by atoms with Gasteiger partial charge in [0.2, 0.25) is 0 Å². The van der Waals surface area contributed by atoms with Crippen molar-refractivity contribution in [2.24, 2.45) is 5.92 Å². The minimum Gasteiger partial charge on any atom is -0.481 e. The van der Waals surface area contributed by atoms with Gasteiger partial charge < -0.3 is 5.11 Å². The molecule has 1 fully saturated rings. The van der Waals surface area contributed by atoms with Crippen molar-refractivity contribution in [1.82, 2.24) is 0 Å². The normalized spacial score (nSPS) is 15.2. The molecule has 1 N–H and O–H groups in total. The summed E-state index contributed by atoms with van der Waals surface area (Å²) in [5.41, 5.74) is 0. The van der Waals surface area contributed by atoms with E-state index in [1.807, 2.05) is 19.1 Å². The molecule has 0 radical (unpaired) electrons. The summed E-state index contributed by atoms with van der Waals surface area (Å²) in [6.07, 6.45) is 24.9. The molecule has 0 unspecified atom stereocenters. The molecule has 0 saturated heterocycles. The van der Waals surface area contributed by atoms with E-state index in [0.29, 0.717) is 0 Å². The van der Waals surface area contributed by atoms with E-state index in [2.05, 4.69) is 19.1 Å². The first kappa shape index (κ1) is 21.9. The summed E-state index contributed by atoms with van der Waals surface area (Å²) in [6, 6.07) is 0. The van der Waals surface area contributed by atoms with E-state index in [1.165, 1.54) is 64.2 Å². The second-order valence-corrected chi connectivity index (χ2v) is 6.53. The van der Waals surface area contributed by atoms with Gasteiger partial charge in [0, 0.05) is 6.42 Å². The van der Waals surface area contributed by atoms with Crippen LogP contribution in [0.3, 0.4) is 0 Å². The largest absolute Gasteiger partial charge is 0.481 e. The van der Waals surface area contributed by atoms with Gasteiger partial charge >= 0.3 is 5.97 Å². The highest BCUT2D eigenvalue weighted by Gasteiger charge is 2.10. The SMILES string of the molecule is C/C=C\CCCC(=O)O.CCCCCCCC=CC1CCCC1. The summed E-state index contributed by atoms with van der Waals surface area (Å²) in [6.45, 7) is 4.21. The topological polar surface area (TPSA) is 37.3 Å². The fraction of sp³-hybridized carbons (Fsp3) is 0.762. The van der Waals surface area contributed by atoms with Crippen LogP contribution in [0.25, 0.3) is 0 Å². The number of hydrogen-bond donors (Lipinski definition) is 1. The minimum absolute atomic E-state index is 0.282. The Morgan fingerprint density at radius 1 is 1.00 bits per heavy atom. The Hall–Kier alpha value is -1.05. The molecule has 2 heteroatoms. The van der Waals surface area contributed by atoms with Gasteiger partial charge in [0.25, 0.3) is 0 Å². The molecule has 23 heavy (non-hydrogen) atoms. The van der Waals surface area contributed by atoms with Crippen LogP contribution in [-0.4, -0.2) is 11.1 Å². The molecule has 1 rings (SSSR count). The van der Waals surface area contributed by atoms with Crippen LogP contribution in [0.4, 0.5) is 0 Å². The number of rotatable bonds is 11. The molecule has 0 aliphatic heterocycles. The van der Waals surface area contributed by atoms with Gasteiger partial charge in [-0.3, -0.25) is 4.79 Å². The zero-order valence-electron chi connectivity index (χ0n) is 15.4. The lowest BCUT2D eigenvalue weighted by atomic mass is 10.1. The lowest BCUT2D eigenvalue weighted by Crippen LogP contribution is -1.92. The maximum Gasteiger partial charge on any atom is 0.303 e. The zero-order valence-corrected chi connectivity index (χ0v) is 15.4. The summed E-state index contributed by atoms with van der Waals surface area (Å²) in [4.78, 5) is 9.94. The highest BCUT2D eigenvalue weighted by atomic mass is 16.4. The highest BCUT2D eigenvalue weighted by Crippen LogP contribution is 2.25. The number of aliphatic carboxylic acids is 1. The predicted octanol–water partition coefficient (Wildman–Crippen LogP) is 6.91. The summed E-state index contributed by atoms with van der Waals surface area (Å²) in [5.74, 6) is 0.227. The fourth-order valence-electron chi connectivity index (χ4n) is 2.84. The smallest absolute Gasteiger partial charge is 0.303 e. The van der Waals surface area contributed by atoms with E-state index in [4.69, 9.17) is 5.11 Å². The van der Waals surface area contributed by atoms with Crippen LogP contribution in [0, 0.1) is 5.92 Å². The Morgan fingerprint density at radius 3 is 2.26 bits per heavy atom. The molecule has 1 saturated carbocycles.